The Balaban J connectivity index is 1.98. The number of amides is 1. The topological polar surface area (TPSA) is 66.4 Å². The summed E-state index contributed by atoms with van der Waals surface area (Å²) in [6, 6.07) is 18.7. The molecule has 0 fully saturated rings. The molecule has 1 unspecified atom stereocenters. The number of hydrogen-bond acceptors (Lipinski definition) is 3. The van der Waals surface area contributed by atoms with E-state index in [-0.39, 0.29) is 12.3 Å². The standard InChI is InChI=1S/C17H17NO3S/c19-16(20)11-15(22-12-13-7-3-1-4-8-13)17(21)18-14-9-5-2-6-10-14/h1-10,15H,11-12H2,(H,18,21)(H,19,20). The van der Waals surface area contributed by atoms with Gasteiger partial charge in [0, 0.05) is 11.4 Å². The van der Waals surface area contributed by atoms with Crippen LogP contribution in [0.4, 0.5) is 5.69 Å². The van der Waals surface area contributed by atoms with Crippen LogP contribution in [-0.2, 0) is 15.3 Å². The number of carbonyl (C=O) groups is 2. The van der Waals surface area contributed by atoms with Crippen LogP contribution < -0.4 is 5.32 Å². The molecule has 0 heterocycles. The van der Waals surface area contributed by atoms with E-state index in [4.69, 9.17) is 5.11 Å². The minimum absolute atomic E-state index is 0.198. The molecule has 0 radical (unpaired) electrons. The number of carboxylic acids is 1. The number of hydrogen-bond donors (Lipinski definition) is 2. The minimum Gasteiger partial charge on any atom is -0.481 e. The van der Waals surface area contributed by atoms with Gasteiger partial charge in [-0.05, 0) is 17.7 Å². The van der Waals surface area contributed by atoms with Crippen molar-refractivity contribution in [1.29, 1.82) is 0 Å². The summed E-state index contributed by atoms with van der Waals surface area (Å²) in [4.78, 5) is 23.3. The molecule has 2 N–H and O–H groups in total. The Morgan fingerprint density at radius 3 is 2.18 bits per heavy atom. The largest absolute Gasteiger partial charge is 0.481 e. The summed E-state index contributed by atoms with van der Waals surface area (Å²) in [5, 5.41) is 11.1. The monoisotopic (exact) mass is 315 g/mol. The second-order valence-electron chi connectivity index (χ2n) is 4.74. The lowest BCUT2D eigenvalue weighted by Gasteiger charge is -2.15. The quantitative estimate of drug-likeness (QED) is 0.822. The van der Waals surface area contributed by atoms with E-state index in [2.05, 4.69) is 5.32 Å². The zero-order valence-electron chi connectivity index (χ0n) is 11.9. The van der Waals surface area contributed by atoms with Crippen LogP contribution in [0.25, 0.3) is 0 Å². The highest BCUT2D eigenvalue weighted by atomic mass is 32.2. The molecule has 1 atom stereocenters. The molecule has 0 saturated heterocycles. The predicted molar refractivity (Wildman–Crippen MR) is 88.8 cm³/mol. The maximum Gasteiger partial charge on any atom is 0.305 e. The van der Waals surface area contributed by atoms with Crippen molar-refractivity contribution in [3.63, 3.8) is 0 Å². The SMILES string of the molecule is O=C(O)CC(SCc1ccccc1)C(=O)Nc1ccccc1. The lowest BCUT2D eigenvalue weighted by molar-refractivity contribution is -0.138. The van der Waals surface area contributed by atoms with Crippen LogP contribution in [0.1, 0.15) is 12.0 Å². The number of anilines is 1. The summed E-state index contributed by atoms with van der Waals surface area (Å²) < 4.78 is 0. The van der Waals surface area contributed by atoms with E-state index in [0.29, 0.717) is 11.4 Å². The number of nitrogens with one attached hydrogen (secondary N) is 1. The Kier molecular flexibility index (Phi) is 6.03. The van der Waals surface area contributed by atoms with Crippen molar-refractivity contribution in [3.05, 3.63) is 66.2 Å². The highest BCUT2D eigenvalue weighted by molar-refractivity contribution is 7.99. The van der Waals surface area contributed by atoms with Gasteiger partial charge in [-0.2, -0.15) is 0 Å². The van der Waals surface area contributed by atoms with Gasteiger partial charge in [0.25, 0.3) is 0 Å². The van der Waals surface area contributed by atoms with Crippen molar-refractivity contribution in [3.8, 4) is 0 Å². The third kappa shape index (κ3) is 5.26. The minimum atomic E-state index is -0.978. The third-order valence-corrected chi connectivity index (χ3v) is 4.27. The normalized spacial score (nSPS) is 11.6. The molecule has 1 amide bonds. The number of aliphatic carboxylic acids is 1. The molecule has 0 aliphatic rings. The van der Waals surface area contributed by atoms with Gasteiger partial charge in [-0.3, -0.25) is 9.59 Å². The van der Waals surface area contributed by atoms with E-state index in [9.17, 15) is 9.59 Å². The number of carbonyl (C=O) groups excluding carboxylic acids is 1. The maximum atomic E-state index is 12.3. The summed E-state index contributed by atoms with van der Waals surface area (Å²) in [6.45, 7) is 0. The molecule has 114 valence electrons. The molecule has 0 aliphatic carbocycles. The highest BCUT2D eigenvalue weighted by Gasteiger charge is 2.22. The van der Waals surface area contributed by atoms with E-state index in [1.165, 1.54) is 11.8 Å². The summed E-state index contributed by atoms with van der Waals surface area (Å²) in [6.07, 6.45) is -0.198. The molecule has 0 spiro atoms. The second-order valence-corrected chi connectivity index (χ2v) is 5.93. The van der Waals surface area contributed by atoms with Crippen LogP contribution in [0, 0.1) is 0 Å². The first-order valence-electron chi connectivity index (χ1n) is 6.88. The summed E-state index contributed by atoms with van der Waals surface area (Å²) >= 11 is 1.34. The predicted octanol–water partition coefficient (Wildman–Crippen LogP) is 3.40. The number of para-hydroxylation sites is 1. The molecule has 2 rings (SSSR count). The van der Waals surface area contributed by atoms with Crippen LogP contribution in [0.15, 0.2) is 60.7 Å². The Morgan fingerprint density at radius 1 is 1.00 bits per heavy atom. The fourth-order valence-electron chi connectivity index (χ4n) is 1.90. The van der Waals surface area contributed by atoms with E-state index in [1.54, 1.807) is 12.1 Å². The molecule has 0 saturated carbocycles. The third-order valence-electron chi connectivity index (χ3n) is 2.99. The van der Waals surface area contributed by atoms with Gasteiger partial charge in [0.15, 0.2) is 0 Å². The molecule has 0 aromatic heterocycles. The lowest BCUT2D eigenvalue weighted by atomic mass is 10.2. The summed E-state index contributed by atoms with van der Waals surface area (Å²) in [5.74, 6) is -0.663. The Hall–Kier alpha value is -2.27. The molecule has 2 aromatic rings. The fourth-order valence-corrected chi connectivity index (χ4v) is 2.96. The summed E-state index contributed by atoms with van der Waals surface area (Å²) in [7, 11) is 0. The highest BCUT2D eigenvalue weighted by Crippen LogP contribution is 2.22. The van der Waals surface area contributed by atoms with E-state index < -0.39 is 11.2 Å². The maximum absolute atomic E-state index is 12.3. The van der Waals surface area contributed by atoms with Gasteiger partial charge >= 0.3 is 5.97 Å². The van der Waals surface area contributed by atoms with Crippen LogP contribution in [0.5, 0.6) is 0 Å². The van der Waals surface area contributed by atoms with E-state index >= 15 is 0 Å². The Labute approximate surface area is 133 Å². The first-order valence-corrected chi connectivity index (χ1v) is 7.93. The number of rotatable bonds is 7. The summed E-state index contributed by atoms with van der Waals surface area (Å²) in [5.41, 5.74) is 1.73. The van der Waals surface area contributed by atoms with Gasteiger partial charge in [-0.1, -0.05) is 48.5 Å². The smallest absolute Gasteiger partial charge is 0.305 e. The lowest BCUT2D eigenvalue weighted by Crippen LogP contribution is -2.27. The molecule has 4 nitrogen and oxygen atoms in total. The number of thioether (sulfide) groups is 1. The van der Waals surface area contributed by atoms with Crippen LogP contribution in [0.2, 0.25) is 0 Å². The van der Waals surface area contributed by atoms with Crippen molar-refractivity contribution in [2.75, 3.05) is 5.32 Å². The molecular weight excluding hydrogens is 298 g/mol. The average Bonchev–Trinajstić information content (AvgIpc) is 2.53. The fraction of sp³-hybridized carbons (Fsp3) is 0.176. The van der Waals surface area contributed by atoms with Crippen molar-refractivity contribution in [1.82, 2.24) is 0 Å². The van der Waals surface area contributed by atoms with Gasteiger partial charge in [0.05, 0.1) is 11.7 Å². The second kappa shape index (κ2) is 8.24. The average molecular weight is 315 g/mol. The van der Waals surface area contributed by atoms with Gasteiger partial charge in [-0.15, -0.1) is 11.8 Å². The number of benzene rings is 2. The first-order chi connectivity index (χ1) is 10.6. The van der Waals surface area contributed by atoms with Gasteiger partial charge in [0.1, 0.15) is 0 Å². The first kappa shape index (κ1) is 16.1. The number of carboxylic acid groups (broad SMARTS) is 1. The molecule has 5 heteroatoms. The Bertz CT molecular complexity index is 616. The van der Waals surface area contributed by atoms with Crippen LogP contribution in [-0.4, -0.2) is 22.2 Å². The molecular formula is C17H17NO3S. The van der Waals surface area contributed by atoms with E-state index in [0.717, 1.165) is 5.56 Å². The molecule has 22 heavy (non-hydrogen) atoms. The van der Waals surface area contributed by atoms with Gasteiger partial charge in [-0.25, -0.2) is 0 Å². The van der Waals surface area contributed by atoms with Crippen LogP contribution >= 0.6 is 11.8 Å². The van der Waals surface area contributed by atoms with Gasteiger partial charge in [0.2, 0.25) is 5.91 Å². The molecule has 0 bridgehead atoms. The van der Waals surface area contributed by atoms with Gasteiger partial charge < -0.3 is 10.4 Å². The van der Waals surface area contributed by atoms with E-state index in [1.807, 2.05) is 48.5 Å². The van der Waals surface area contributed by atoms with Crippen molar-refractivity contribution in [2.24, 2.45) is 0 Å². The zero-order valence-corrected chi connectivity index (χ0v) is 12.8. The van der Waals surface area contributed by atoms with Crippen molar-refractivity contribution >= 4 is 29.3 Å². The van der Waals surface area contributed by atoms with Crippen LogP contribution in [0.3, 0.4) is 0 Å². The van der Waals surface area contributed by atoms with Crippen molar-refractivity contribution in [2.45, 2.75) is 17.4 Å². The Morgan fingerprint density at radius 2 is 1.59 bits per heavy atom. The molecule has 2 aromatic carbocycles. The molecule has 0 aliphatic heterocycles. The zero-order chi connectivity index (χ0) is 15.8. The van der Waals surface area contributed by atoms with Crippen molar-refractivity contribution < 1.29 is 14.7 Å².